The molecule has 19 heavy (non-hydrogen) atoms. The van der Waals surface area contributed by atoms with Crippen LogP contribution >= 0.6 is 11.6 Å². The maximum absolute atomic E-state index is 6.40. The van der Waals surface area contributed by atoms with Crippen molar-refractivity contribution in [3.05, 3.63) is 34.9 Å². The number of ether oxygens (including phenoxy) is 1. The van der Waals surface area contributed by atoms with Crippen molar-refractivity contribution in [1.29, 1.82) is 0 Å². The summed E-state index contributed by atoms with van der Waals surface area (Å²) < 4.78 is 5.98. The van der Waals surface area contributed by atoms with E-state index < -0.39 is 0 Å². The molecular formula is C16H24ClNO. The predicted molar refractivity (Wildman–Crippen MR) is 80.7 cm³/mol. The summed E-state index contributed by atoms with van der Waals surface area (Å²) in [5.74, 6) is 0. The summed E-state index contributed by atoms with van der Waals surface area (Å²) in [6.45, 7) is 3.05. The fourth-order valence-corrected chi connectivity index (χ4v) is 3.50. The average molecular weight is 282 g/mol. The summed E-state index contributed by atoms with van der Waals surface area (Å²) in [7, 11) is 1.84. The fourth-order valence-electron chi connectivity index (χ4n) is 3.25. The van der Waals surface area contributed by atoms with E-state index in [1.54, 1.807) is 0 Å². The van der Waals surface area contributed by atoms with E-state index in [4.69, 9.17) is 16.3 Å². The highest BCUT2D eigenvalue weighted by molar-refractivity contribution is 6.31. The zero-order chi connectivity index (χ0) is 13.7. The Hall–Kier alpha value is -0.570. The molecule has 0 heterocycles. The Bertz CT molecular complexity index is 401. The molecule has 1 aliphatic rings. The molecule has 106 valence electrons. The van der Waals surface area contributed by atoms with Gasteiger partial charge >= 0.3 is 0 Å². The van der Waals surface area contributed by atoms with Crippen LogP contribution in [-0.4, -0.2) is 19.3 Å². The van der Waals surface area contributed by atoms with Crippen molar-refractivity contribution >= 4 is 11.6 Å². The quantitative estimate of drug-likeness (QED) is 0.867. The molecule has 0 aliphatic heterocycles. The van der Waals surface area contributed by atoms with Gasteiger partial charge in [0.15, 0.2) is 0 Å². The van der Waals surface area contributed by atoms with Gasteiger partial charge in [-0.25, -0.2) is 0 Å². The third-order valence-corrected chi connectivity index (χ3v) is 4.60. The molecule has 0 spiro atoms. The van der Waals surface area contributed by atoms with Crippen LogP contribution in [0.2, 0.25) is 5.02 Å². The molecule has 1 unspecified atom stereocenters. The van der Waals surface area contributed by atoms with Crippen LogP contribution in [0.25, 0.3) is 0 Å². The molecule has 1 fully saturated rings. The van der Waals surface area contributed by atoms with Gasteiger partial charge in [0.25, 0.3) is 0 Å². The number of hydrogen-bond acceptors (Lipinski definition) is 2. The van der Waals surface area contributed by atoms with Crippen molar-refractivity contribution in [3.63, 3.8) is 0 Å². The molecule has 1 aromatic rings. The molecule has 0 amide bonds. The zero-order valence-electron chi connectivity index (χ0n) is 11.9. The van der Waals surface area contributed by atoms with Crippen LogP contribution in [0.15, 0.2) is 24.3 Å². The highest BCUT2D eigenvalue weighted by Gasteiger charge is 2.41. The maximum atomic E-state index is 6.40. The van der Waals surface area contributed by atoms with Gasteiger partial charge in [-0.15, -0.1) is 0 Å². The molecule has 3 heteroatoms. The molecule has 1 atom stereocenters. The van der Waals surface area contributed by atoms with E-state index in [9.17, 15) is 0 Å². The average Bonchev–Trinajstić information content (AvgIpc) is 2.46. The van der Waals surface area contributed by atoms with Gasteiger partial charge in [-0.3, -0.25) is 0 Å². The molecule has 1 aromatic carbocycles. The van der Waals surface area contributed by atoms with Crippen LogP contribution in [0.1, 0.15) is 50.6 Å². The normalized spacial score (nSPS) is 20.2. The van der Waals surface area contributed by atoms with Crippen molar-refractivity contribution in [1.82, 2.24) is 5.32 Å². The number of halogens is 1. The van der Waals surface area contributed by atoms with Gasteiger partial charge in [0.2, 0.25) is 0 Å². The Balaban J connectivity index is 2.35. The number of rotatable bonds is 5. The van der Waals surface area contributed by atoms with Crippen LogP contribution < -0.4 is 5.32 Å². The van der Waals surface area contributed by atoms with Crippen LogP contribution in [0.5, 0.6) is 0 Å². The molecule has 0 saturated heterocycles. The molecule has 2 nitrogen and oxygen atoms in total. The summed E-state index contributed by atoms with van der Waals surface area (Å²) in [5, 5.41) is 4.42. The van der Waals surface area contributed by atoms with Crippen molar-refractivity contribution < 1.29 is 4.74 Å². The Morgan fingerprint density at radius 2 is 1.95 bits per heavy atom. The lowest BCUT2D eigenvalue weighted by molar-refractivity contribution is -0.0684. The van der Waals surface area contributed by atoms with Gasteiger partial charge in [-0.2, -0.15) is 0 Å². The van der Waals surface area contributed by atoms with Crippen molar-refractivity contribution in [2.75, 3.05) is 13.7 Å². The number of methoxy groups -OCH3 is 1. The predicted octanol–water partition coefficient (Wildman–Crippen LogP) is 4.34. The van der Waals surface area contributed by atoms with E-state index >= 15 is 0 Å². The van der Waals surface area contributed by atoms with Gasteiger partial charge in [-0.1, -0.05) is 56.0 Å². The topological polar surface area (TPSA) is 21.3 Å². The molecule has 1 aliphatic carbocycles. The van der Waals surface area contributed by atoms with Crippen LogP contribution in [0.4, 0.5) is 0 Å². The first-order valence-electron chi connectivity index (χ1n) is 7.26. The van der Waals surface area contributed by atoms with Gasteiger partial charge in [0.05, 0.1) is 11.6 Å². The van der Waals surface area contributed by atoms with E-state index in [1.807, 2.05) is 19.2 Å². The van der Waals surface area contributed by atoms with E-state index in [-0.39, 0.29) is 11.6 Å². The molecule has 0 bridgehead atoms. The minimum atomic E-state index is -0.112. The minimum absolute atomic E-state index is 0.112. The molecule has 1 N–H and O–H groups in total. The monoisotopic (exact) mass is 281 g/mol. The van der Waals surface area contributed by atoms with Gasteiger partial charge < -0.3 is 10.1 Å². The lowest BCUT2D eigenvalue weighted by atomic mass is 9.76. The van der Waals surface area contributed by atoms with Crippen LogP contribution in [-0.2, 0) is 4.74 Å². The smallest absolute Gasteiger partial charge is 0.0873 e. The molecule has 1 saturated carbocycles. The highest BCUT2D eigenvalue weighted by atomic mass is 35.5. The lowest BCUT2D eigenvalue weighted by Gasteiger charge is -2.43. The summed E-state index contributed by atoms with van der Waals surface area (Å²) in [6.07, 6.45) is 5.99. The first kappa shape index (κ1) is 14.8. The summed E-state index contributed by atoms with van der Waals surface area (Å²) in [4.78, 5) is 0. The summed E-state index contributed by atoms with van der Waals surface area (Å²) >= 11 is 6.40. The molecule has 0 radical (unpaired) electrons. The molecular weight excluding hydrogens is 258 g/mol. The zero-order valence-corrected chi connectivity index (χ0v) is 12.7. The third-order valence-electron chi connectivity index (χ3n) is 4.26. The summed E-state index contributed by atoms with van der Waals surface area (Å²) in [6, 6.07) is 8.29. The lowest BCUT2D eigenvalue weighted by Crippen LogP contribution is -2.47. The Kier molecular flexibility index (Phi) is 5.26. The fraction of sp³-hybridized carbons (Fsp3) is 0.625. The highest BCUT2D eigenvalue weighted by Crippen LogP contribution is 2.42. The second kappa shape index (κ2) is 6.74. The van der Waals surface area contributed by atoms with E-state index in [0.29, 0.717) is 0 Å². The van der Waals surface area contributed by atoms with E-state index in [0.717, 1.165) is 30.0 Å². The van der Waals surface area contributed by atoms with Gasteiger partial charge in [0, 0.05) is 12.1 Å². The number of likely N-dealkylation sites (N-methyl/N-ethyl adjacent to an activating group) is 1. The van der Waals surface area contributed by atoms with Crippen molar-refractivity contribution in [2.45, 2.75) is 50.7 Å². The third kappa shape index (κ3) is 3.13. The largest absolute Gasteiger partial charge is 0.376 e. The van der Waals surface area contributed by atoms with Gasteiger partial charge in [-0.05, 0) is 31.0 Å². The number of nitrogens with one attached hydrogen (secondary N) is 1. The first-order valence-corrected chi connectivity index (χ1v) is 7.64. The molecule has 0 aromatic heterocycles. The number of benzene rings is 1. The van der Waals surface area contributed by atoms with Crippen LogP contribution in [0, 0.1) is 0 Å². The Morgan fingerprint density at radius 1 is 1.26 bits per heavy atom. The number of hydrogen-bond donors (Lipinski definition) is 1. The Labute approximate surface area is 121 Å². The SMILES string of the molecule is CCNC(c1ccccc1Cl)C1(OC)CCCCC1. The Morgan fingerprint density at radius 3 is 2.53 bits per heavy atom. The molecule has 2 rings (SSSR count). The van der Waals surface area contributed by atoms with Crippen molar-refractivity contribution in [3.8, 4) is 0 Å². The second-order valence-corrected chi connectivity index (χ2v) is 5.75. The van der Waals surface area contributed by atoms with Crippen LogP contribution in [0.3, 0.4) is 0 Å². The second-order valence-electron chi connectivity index (χ2n) is 5.34. The van der Waals surface area contributed by atoms with E-state index in [2.05, 4.69) is 24.4 Å². The first-order chi connectivity index (χ1) is 9.23. The van der Waals surface area contributed by atoms with Gasteiger partial charge in [0.1, 0.15) is 0 Å². The standard InChI is InChI=1S/C16H24ClNO/c1-3-18-15(13-9-5-6-10-14(13)17)16(19-2)11-7-4-8-12-16/h5-6,9-10,15,18H,3-4,7-8,11-12H2,1-2H3. The maximum Gasteiger partial charge on any atom is 0.0873 e. The summed E-state index contributed by atoms with van der Waals surface area (Å²) in [5.41, 5.74) is 1.05. The van der Waals surface area contributed by atoms with E-state index in [1.165, 1.54) is 19.3 Å². The van der Waals surface area contributed by atoms with Crippen molar-refractivity contribution in [2.24, 2.45) is 0 Å². The minimum Gasteiger partial charge on any atom is -0.376 e.